The lowest BCUT2D eigenvalue weighted by atomic mass is 10.1. The summed E-state index contributed by atoms with van der Waals surface area (Å²) in [4.78, 5) is 10.9. The maximum Gasteiger partial charge on any atom is 0.339 e. The highest BCUT2D eigenvalue weighted by Gasteiger charge is 2.12. The lowest BCUT2D eigenvalue weighted by molar-refractivity contribution is 0.0696. The molecule has 0 fully saturated rings. The molecule has 2 rings (SSSR count). The van der Waals surface area contributed by atoms with Gasteiger partial charge in [-0.3, -0.25) is 4.68 Å². The molecule has 5 heteroatoms. The Labute approximate surface area is 104 Å². The van der Waals surface area contributed by atoms with Crippen LogP contribution in [-0.4, -0.2) is 20.9 Å². The number of benzene rings is 1. The summed E-state index contributed by atoms with van der Waals surface area (Å²) < 4.78 is 1.63. The molecule has 0 saturated heterocycles. The average molecular weight is 241 g/mol. The molecule has 0 bridgehead atoms. The molecule has 0 unspecified atom stereocenters. The molecular weight excluding hydrogens is 230 g/mol. The minimum Gasteiger partial charge on any atom is -0.478 e. The Kier molecular flexibility index (Phi) is 3.11. The van der Waals surface area contributed by atoms with Crippen LogP contribution in [0.5, 0.6) is 0 Å². The number of nitriles is 1. The summed E-state index contributed by atoms with van der Waals surface area (Å²) in [5, 5.41) is 21.7. The molecular formula is C13H11N3O2. The summed E-state index contributed by atoms with van der Waals surface area (Å²) in [6.07, 6.45) is 1.35. The van der Waals surface area contributed by atoms with Crippen LogP contribution in [0.3, 0.4) is 0 Å². The van der Waals surface area contributed by atoms with E-state index in [1.165, 1.54) is 6.20 Å². The molecule has 1 aromatic heterocycles. The van der Waals surface area contributed by atoms with Gasteiger partial charge in [-0.15, -0.1) is 0 Å². The van der Waals surface area contributed by atoms with E-state index >= 15 is 0 Å². The van der Waals surface area contributed by atoms with Gasteiger partial charge >= 0.3 is 5.97 Å². The quantitative estimate of drug-likeness (QED) is 0.888. The van der Waals surface area contributed by atoms with E-state index in [-0.39, 0.29) is 5.56 Å². The van der Waals surface area contributed by atoms with Gasteiger partial charge in [0.25, 0.3) is 0 Å². The molecule has 0 radical (unpaired) electrons. The third-order valence-corrected chi connectivity index (χ3v) is 2.75. The average Bonchev–Trinajstić information content (AvgIpc) is 2.72. The predicted octanol–water partition coefficient (Wildman–Crippen LogP) is 1.81. The normalized spacial score (nSPS) is 10.0. The van der Waals surface area contributed by atoms with Crippen LogP contribution in [-0.2, 0) is 6.54 Å². The molecule has 0 aliphatic carbocycles. The van der Waals surface area contributed by atoms with Crippen LogP contribution in [0.25, 0.3) is 0 Å². The number of carboxylic acid groups (broad SMARTS) is 1. The molecule has 1 heterocycles. The zero-order chi connectivity index (χ0) is 13.1. The Balaban J connectivity index is 2.23. The van der Waals surface area contributed by atoms with E-state index in [0.29, 0.717) is 17.8 Å². The van der Waals surface area contributed by atoms with E-state index in [1.54, 1.807) is 23.7 Å². The van der Waals surface area contributed by atoms with Gasteiger partial charge in [-0.1, -0.05) is 12.1 Å². The summed E-state index contributed by atoms with van der Waals surface area (Å²) in [6.45, 7) is 2.21. The first-order chi connectivity index (χ1) is 8.61. The Morgan fingerprint density at radius 2 is 2.11 bits per heavy atom. The van der Waals surface area contributed by atoms with Gasteiger partial charge in [-0.25, -0.2) is 4.79 Å². The summed E-state index contributed by atoms with van der Waals surface area (Å²) in [5.74, 6) is -0.974. The van der Waals surface area contributed by atoms with Crippen molar-refractivity contribution in [2.45, 2.75) is 13.5 Å². The molecule has 0 spiro atoms. The molecule has 18 heavy (non-hydrogen) atoms. The van der Waals surface area contributed by atoms with Gasteiger partial charge in [0.1, 0.15) is 5.56 Å². The number of carboxylic acids is 1. The van der Waals surface area contributed by atoms with Gasteiger partial charge in [0.2, 0.25) is 0 Å². The molecule has 0 aliphatic heterocycles. The second kappa shape index (κ2) is 4.72. The van der Waals surface area contributed by atoms with Gasteiger partial charge in [-0.05, 0) is 24.6 Å². The fourth-order valence-electron chi connectivity index (χ4n) is 1.67. The molecule has 0 saturated carbocycles. The largest absolute Gasteiger partial charge is 0.478 e. The minimum absolute atomic E-state index is 0.212. The molecule has 1 aromatic carbocycles. The fraction of sp³-hybridized carbons (Fsp3) is 0.154. The van der Waals surface area contributed by atoms with Crippen LogP contribution >= 0.6 is 0 Å². The number of hydrogen-bond donors (Lipinski definition) is 1. The van der Waals surface area contributed by atoms with Crippen molar-refractivity contribution in [3.8, 4) is 6.07 Å². The summed E-state index contributed by atoms with van der Waals surface area (Å²) in [6, 6.07) is 9.17. The maximum atomic E-state index is 10.9. The highest BCUT2D eigenvalue weighted by atomic mass is 16.4. The second-order valence-corrected chi connectivity index (χ2v) is 3.92. The third-order valence-electron chi connectivity index (χ3n) is 2.75. The number of aromatic carboxylic acids is 1. The summed E-state index contributed by atoms with van der Waals surface area (Å²) in [7, 11) is 0. The zero-order valence-corrected chi connectivity index (χ0v) is 9.79. The van der Waals surface area contributed by atoms with Crippen molar-refractivity contribution >= 4 is 5.97 Å². The van der Waals surface area contributed by atoms with Gasteiger partial charge in [-0.2, -0.15) is 10.4 Å². The highest BCUT2D eigenvalue weighted by molar-refractivity contribution is 5.88. The van der Waals surface area contributed by atoms with Gasteiger partial charge < -0.3 is 5.11 Å². The Morgan fingerprint density at radius 1 is 1.44 bits per heavy atom. The number of hydrogen-bond acceptors (Lipinski definition) is 3. The molecule has 1 N–H and O–H groups in total. The number of aromatic nitrogens is 2. The lowest BCUT2D eigenvalue weighted by Crippen LogP contribution is -2.05. The number of nitrogens with zero attached hydrogens (tertiary/aromatic N) is 3. The van der Waals surface area contributed by atoms with Gasteiger partial charge in [0.05, 0.1) is 30.1 Å². The summed E-state index contributed by atoms with van der Waals surface area (Å²) >= 11 is 0. The van der Waals surface area contributed by atoms with Crippen LogP contribution in [0.15, 0.2) is 30.5 Å². The van der Waals surface area contributed by atoms with E-state index in [0.717, 1.165) is 5.56 Å². The fourth-order valence-corrected chi connectivity index (χ4v) is 1.67. The maximum absolute atomic E-state index is 10.9. The van der Waals surface area contributed by atoms with E-state index in [1.807, 2.05) is 18.2 Å². The third kappa shape index (κ3) is 2.23. The van der Waals surface area contributed by atoms with E-state index in [2.05, 4.69) is 5.10 Å². The van der Waals surface area contributed by atoms with Gasteiger partial charge in [0.15, 0.2) is 0 Å². The van der Waals surface area contributed by atoms with Crippen LogP contribution < -0.4 is 0 Å². The molecule has 0 amide bonds. The van der Waals surface area contributed by atoms with Crippen molar-refractivity contribution in [1.82, 2.24) is 9.78 Å². The first-order valence-electron chi connectivity index (χ1n) is 5.36. The molecule has 0 atom stereocenters. The van der Waals surface area contributed by atoms with E-state index in [9.17, 15) is 4.79 Å². The van der Waals surface area contributed by atoms with Crippen LogP contribution in [0.1, 0.15) is 27.2 Å². The van der Waals surface area contributed by atoms with Crippen molar-refractivity contribution in [2.75, 3.05) is 0 Å². The standard InChI is InChI=1S/C13H11N3O2/c1-9-12(13(17)18)7-15-16(9)8-11-4-2-10(6-14)3-5-11/h2-5,7H,8H2,1H3,(H,17,18). The first-order valence-corrected chi connectivity index (χ1v) is 5.36. The highest BCUT2D eigenvalue weighted by Crippen LogP contribution is 2.11. The molecule has 2 aromatic rings. The monoisotopic (exact) mass is 241 g/mol. The Bertz CT molecular complexity index is 621. The number of carbonyl (C=O) groups is 1. The molecule has 5 nitrogen and oxygen atoms in total. The predicted molar refractivity (Wildman–Crippen MR) is 64.2 cm³/mol. The Morgan fingerprint density at radius 3 is 2.61 bits per heavy atom. The molecule has 0 aliphatic rings. The smallest absolute Gasteiger partial charge is 0.339 e. The second-order valence-electron chi connectivity index (χ2n) is 3.92. The van der Waals surface area contributed by atoms with Crippen molar-refractivity contribution in [1.29, 1.82) is 5.26 Å². The summed E-state index contributed by atoms with van der Waals surface area (Å²) in [5.41, 5.74) is 2.40. The van der Waals surface area contributed by atoms with Crippen molar-refractivity contribution in [2.24, 2.45) is 0 Å². The topological polar surface area (TPSA) is 78.9 Å². The van der Waals surface area contributed by atoms with E-state index in [4.69, 9.17) is 10.4 Å². The van der Waals surface area contributed by atoms with E-state index < -0.39 is 5.97 Å². The zero-order valence-electron chi connectivity index (χ0n) is 9.79. The lowest BCUT2D eigenvalue weighted by Gasteiger charge is -2.05. The Hall–Kier alpha value is -2.61. The number of rotatable bonds is 3. The minimum atomic E-state index is -0.974. The van der Waals surface area contributed by atoms with Crippen molar-refractivity contribution in [3.05, 3.63) is 52.8 Å². The SMILES string of the molecule is Cc1c(C(=O)O)cnn1Cc1ccc(C#N)cc1. The molecule has 90 valence electrons. The van der Waals surface area contributed by atoms with Crippen LogP contribution in [0.2, 0.25) is 0 Å². The van der Waals surface area contributed by atoms with Crippen molar-refractivity contribution < 1.29 is 9.90 Å². The van der Waals surface area contributed by atoms with Crippen LogP contribution in [0, 0.1) is 18.3 Å². The first kappa shape index (κ1) is 11.9. The van der Waals surface area contributed by atoms with Crippen molar-refractivity contribution in [3.63, 3.8) is 0 Å². The van der Waals surface area contributed by atoms with Gasteiger partial charge in [0, 0.05) is 0 Å². The van der Waals surface area contributed by atoms with Crippen LogP contribution in [0.4, 0.5) is 0 Å².